The lowest BCUT2D eigenvalue weighted by Crippen LogP contribution is -2.15. The fraction of sp³-hybridized carbons (Fsp3) is 0.0952. The van der Waals surface area contributed by atoms with Crippen molar-refractivity contribution in [3.05, 3.63) is 93.1 Å². The Bertz CT molecular complexity index is 1270. The molecule has 0 aliphatic carbocycles. The molecule has 7 nitrogen and oxygen atoms in total. The smallest absolute Gasteiger partial charge is 0.277 e. The van der Waals surface area contributed by atoms with E-state index in [4.69, 9.17) is 39.5 Å². The van der Waals surface area contributed by atoms with E-state index in [0.717, 1.165) is 0 Å². The molecular formula is C21H15Cl3FN5O2. The number of rotatable bonds is 7. The van der Waals surface area contributed by atoms with E-state index < -0.39 is 11.7 Å². The topological polar surface area (TPSA) is 74.0 Å². The summed E-state index contributed by atoms with van der Waals surface area (Å²) in [4.78, 5) is 12.5. The Labute approximate surface area is 197 Å². The zero-order valence-electron chi connectivity index (χ0n) is 16.3. The van der Waals surface area contributed by atoms with Gasteiger partial charge in [-0.25, -0.2) is 9.07 Å². The highest BCUT2D eigenvalue weighted by atomic mass is 35.5. The van der Waals surface area contributed by atoms with Crippen LogP contribution in [0.4, 0.5) is 10.2 Å². The van der Waals surface area contributed by atoms with Crippen molar-refractivity contribution in [1.82, 2.24) is 19.6 Å². The van der Waals surface area contributed by atoms with E-state index in [1.807, 2.05) is 0 Å². The first kappa shape index (κ1) is 22.1. The van der Waals surface area contributed by atoms with Gasteiger partial charge in [0, 0.05) is 23.5 Å². The SMILES string of the molecule is O=C(Nc1ccn(Cc2ccc(F)cc2Cl)n1)c1ccn(COc2cccc(Cl)c2Cl)n1. The number of halogens is 4. The minimum Gasteiger partial charge on any atom is -0.470 e. The summed E-state index contributed by atoms with van der Waals surface area (Å²) >= 11 is 18.1. The number of carbonyl (C=O) groups excluding carboxylic acids is 1. The van der Waals surface area contributed by atoms with Gasteiger partial charge in [-0.2, -0.15) is 10.2 Å². The first-order chi connectivity index (χ1) is 15.4. The average Bonchev–Trinajstić information content (AvgIpc) is 3.41. The van der Waals surface area contributed by atoms with Crippen molar-refractivity contribution in [2.24, 2.45) is 0 Å². The molecule has 0 unspecified atom stereocenters. The molecule has 0 saturated carbocycles. The number of ether oxygens (including phenoxy) is 1. The van der Waals surface area contributed by atoms with Crippen LogP contribution in [0.5, 0.6) is 5.75 Å². The van der Waals surface area contributed by atoms with Gasteiger partial charge in [0.2, 0.25) is 0 Å². The Morgan fingerprint density at radius 1 is 1.00 bits per heavy atom. The lowest BCUT2D eigenvalue weighted by molar-refractivity contribution is 0.101. The summed E-state index contributed by atoms with van der Waals surface area (Å²) in [7, 11) is 0. The van der Waals surface area contributed by atoms with Crippen molar-refractivity contribution in [1.29, 1.82) is 0 Å². The molecule has 2 aromatic carbocycles. The molecule has 2 heterocycles. The van der Waals surface area contributed by atoms with Crippen LogP contribution in [0.15, 0.2) is 60.9 Å². The summed E-state index contributed by atoms with van der Waals surface area (Å²) in [5.74, 6) is -0.0977. The molecule has 0 fully saturated rings. The fourth-order valence-electron chi connectivity index (χ4n) is 2.81. The number of amides is 1. The molecule has 0 radical (unpaired) electrons. The van der Waals surface area contributed by atoms with E-state index in [9.17, 15) is 9.18 Å². The number of nitrogens with one attached hydrogen (secondary N) is 1. The van der Waals surface area contributed by atoms with Crippen LogP contribution in [0, 0.1) is 5.82 Å². The van der Waals surface area contributed by atoms with E-state index in [0.29, 0.717) is 38.7 Å². The third-order valence-electron chi connectivity index (χ3n) is 4.37. The fourth-order valence-corrected chi connectivity index (χ4v) is 3.38. The zero-order chi connectivity index (χ0) is 22.7. The van der Waals surface area contributed by atoms with Crippen LogP contribution in [-0.2, 0) is 13.3 Å². The molecule has 0 aliphatic heterocycles. The molecule has 1 amide bonds. The van der Waals surface area contributed by atoms with Crippen LogP contribution >= 0.6 is 34.8 Å². The first-order valence-corrected chi connectivity index (χ1v) is 10.4. The Morgan fingerprint density at radius 3 is 2.62 bits per heavy atom. The highest BCUT2D eigenvalue weighted by Crippen LogP contribution is 2.31. The van der Waals surface area contributed by atoms with Crippen LogP contribution in [0.2, 0.25) is 15.1 Å². The van der Waals surface area contributed by atoms with Gasteiger partial charge in [-0.3, -0.25) is 9.48 Å². The standard InChI is InChI=1S/C21H15Cl3FN5O2/c22-15-2-1-3-18(20(15)24)32-12-30-8-6-17(27-30)21(31)26-19-7-9-29(28-19)11-13-4-5-14(25)10-16(13)23/h1-10H,11-12H2,(H,26,28,31). The Hall–Kier alpha value is -3.07. The predicted octanol–water partition coefficient (Wildman–Crippen LogP) is 5.52. The molecule has 0 bridgehead atoms. The zero-order valence-corrected chi connectivity index (χ0v) is 18.6. The number of hydrogen-bond acceptors (Lipinski definition) is 4. The number of carbonyl (C=O) groups is 1. The lowest BCUT2D eigenvalue weighted by atomic mass is 10.2. The second-order valence-corrected chi connectivity index (χ2v) is 7.85. The number of nitrogens with zero attached hydrogens (tertiary/aromatic N) is 4. The van der Waals surface area contributed by atoms with Crippen LogP contribution in [-0.4, -0.2) is 25.5 Å². The van der Waals surface area contributed by atoms with E-state index in [2.05, 4.69) is 15.5 Å². The maximum absolute atomic E-state index is 13.2. The van der Waals surface area contributed by atoms with E-state index in [-0.39, 0.29) is 12.4 Å². The van der Waals surface area contributed by atoms with Crippen molar-refractivity contribution < 1.29 is 13.9 Å². The highest BCUT2D eigenvalue weighted by Gasteiger charge is 2.13. The first-order valence-electron chi connectivity index (χ1n) is 9.28. The summed E-state index contributed by atoms with van der Waals surface area (Å²) in [6.07, 6.45) is 3.28. The van der Waals surface area contributed by atoms with Crippen molar-refractivity contribution >= 4 is 46.5 Å². The van der Waals surface area contributed by atoms with Crippen LogP contribution in [0.1, 0.15) is 16.1 Å². The summed E-state index contributed by atoms with van der Waals surface area (Å²) in [6.45, 7) is 0.368. The lowest BCUT2D eigenvalue weighted by Gasteiger charge is -2.08. The van der Waals surface area contributed by atoms with Gasteiger partial charge in [0.1, 0.15) is 16.6 Å². The van der Waals surface area contributed by atoms with Crippen molar-refractivity contribution in [3.63, 3.8) is 0 Å². The van der Waals surface area contributed by atoms with Crippen molar-refractivity contribution in [2.45, 2.75) is 13.3 Å². The summed E-state index contributed by atoms with van der Waals surface area (Å²) in [6, 6.07) is 12.4. The van der Waals surface area contributed by atoms with Crippen LogP contribution in [0.25, 0.3) is 0 Å². The second kappa shape index (κ2) is 9.60. The third kappa shape index (κ3) is 5.21. The molecule has 0 saturated heterocycles. The average molecular weight is 495 g/mol. The van der Waals surface area contributed by atoms with Gasteiger partial charge in [0.15, 0.2) is 18.2 Å². The van der Waals surface area contributed by atoms with E-state index in [1.165, 1.54) is 16.8 Å². The molecule has 0 spiro atoms. The monoisotopic (exact) mass is 493 g/mol. The van der Waals surface area contributed by atoms with Crippen molar-refractivity contribution in [3.8, 4) is 5.75 Å². The molecule has 4 aromatic rings. The predicted molar refractivity (Wildman–Crippen MR) is 120 cm³/mol. The minimum absolute atomic E-state index is 0.0421. The van der Waals surface area contributed by atoms with Gasteiger partial charge in [0.25, 0.3) is 5.91 Å². The summed E-state index contributed by atoms with van der Waals surface area (Å²) < 4.78 is 21.8. The number of aromatic nitrogens is 4. The Balaban J connectivity index is 1.35. The van der Waals surface area contributed by atoms with Gasteiger partial charge in [-0.05, 0) is 35.9 Å². The summed E-state index contributed by atoms with van der Waals surface area (Å²) in [5, 5.41) is 12.1. The van der Waals surface area contributed by atoms with Gasteiger partial charge in [-0.15, -0.1) is 0 Å². The van der Waals surface area contributed by atoms with E-state index >= 15 is 0 Å². The van der Waals surface area contributed by atoms with Crippen LogP contribution < -0.4 is 10.1 Å². The molecule has 0 atom stereocenters. The maximum Gasteiger partial charge on any atom is 0.277 e. The molecular weight excluding hydrogens is 480 g/mol. The van der Waals surface area contributed by atoms with Gasteiger partial charge in [0.05, 0.1) is 11.6 Å². The number of benzene rings is 2. The van der Waals surface area contributed by atoms with Crippen LogP contribution in [0.3, 0.4) is 0 Å². The molecule has 1 N–H and O–H groups in total. The maximum atomic E-state index is 13.2. The molecule has 2 aromatic heterocycles. The van der Waals surface area contributed by atoms with Gasteiger partial charge in [-0.1, -0.05) is 46.9 Å². The quantitative estimate of drug-likeness (QED) is 0.367. The molecule has 4 rings (SSSR count). The third-order valence-corrected chi connectivity index (χ3v) is 5.52. The number of hydrogen-bond donors (Lipinski definition) is 1. The Kier molecular flexibility index (Phi) is 6.64. The minimum atomic E-state index is -0.436. The summed E-state index contributed by atoms with van der Waals surface area (Å²) in [5.41, 5.74) is 0.884. The molecule has 164 valence electrons. The van der Waals surface area contributed by atoms with Crippen molar-refractivity contribution in [2.75, 3.05) is 5.32 Å². The molecule has 32 heavy (non-hydrogen) atoms. The normalized spacial score (nSPS) is 10.9. The highest BCUT2D eigenvalue weighted by molar-refractivity contribution is 6.42. The van der Waals surface area contributed by atoms with Gasteiger partial charge < -0.3 is 10.1 Å². The molecule has 11 heteroatoms. The second-order valence-electron chi connectivity index (χ2n) is 6.65. The van der Waals surface area contributed by atoms with Gasteiger partial charge >= 0.3 is 0 Å². The number of anilines is 1. The molecule has 0 aliphatic rings. The Morgan fingerprint density at radius 2 is 1.81 bits per heavy atom. The largest absolute Gasteiger partial charge is 0.470 e. The van der Waals surface area contributed by atoms with E-state index in [1.54, 1.807) is 53.5 Å².